The Kier molecular flexibility index (Phi) is 12.0. The molecule has 0 radical (unpaired) electrons. The maximum absolute atomic E-state index is 14.5. The first kappa shape index (κ1) is 50.3. The summed E-state index contributed by atoms with van der Waals surface area (Å²) < 4.78 is 102. The van der Waals surface area contributed by atoms with Gasteiger partial charge >= 0.3 is 5.97 Å². The monoisotopic (exact) mass is 1050 g/mol. The molecule has 12 bridgehead atoms. The zero-order valence-electron chi connectivity index (χ0n) is 44.2. The van der Waals surface area contributed by atoms with Crippen LogP contribution in [0.1, 0.15) is 137 Å². The first-order valence-corrected chi connectivity index (χ1v) is 29.2. The molecule has 16 heterocycles. The first-order valence-electron chi connectivity index (χ1n) is 29.2. The van der Waals surface area contributed by atoms with Crippen molar-refractivity contribution in [1.82, 2.24) is 0 Å². The number of carbonyl (C=O) groups excluding carboxylic acids is 1. The van der Waals surface area contributed by atoms with E-state index in [0.29, 0.717) is 57.3 Å². The van der Waals surface area contributed by atoms with Gasteiger partial charge in [-0.25, -0.2) is 0 Å². The molecular formula is C57H80O18. The van der Waals surface area contributed by atoms with Crippen LogP contribution >= 0.6 is 0 Å². The van der Waals surface area contributed by atoms with Gasteiger partial charge in [-0.15, -0.1) is 0 Å². The molecule has 0 saturated carbocycles. The normalized spacial score (nSPS) is 60.7. The van der Waals surface area contributed by atoms with Crippen LogP contribution in [0.4, 0.5) is 0 Å². The number of fused-ring (bicyclic) bond motifs is 10. The Balaban J connectivity index is 0.684. The predicted octanol–water partition coefficient (Wildman–Crippen LogP) is 5.13. The summed E-state index contributed by atoms with van der Waals surface area (Å²) in [6, 6.07) is 0. The Labute approximate surface area is 439 Å². The largest absolute Gasteiger partial charge is 0.459 e. The fourth-order valence-electron chi connectivity index (χ4n) is 17.6. The molecule has 0 amide bonds. The summed E-state index contributed by atoms with van der Waals surface area (Å²) >= 11 is 0. The lowest BCUT2D eigenvalue weighted by atomic mass is 9.79. The highest BCUT2D eigenvalue weighted by molar-refractivity contribution is 5.70. The molecule has 31 atom stereocenters. The Morgan fingerprint density at radius 1 is 0.507 bits per heavy atom. The van der Waals surface area contributed by atoms with Crippen molar-refractivity contribution in [2.75, 3.05) is 0 Å². The van der Waals surface area contributed by atoms with Gasteiger partial charge in [0.05, 0.1) is 104 Å². The molecule has 0 aromatic rings. The SMILES string of the molecule is C=C1CC2CCC34OC5C6OC(CCC6OC6C5OC(O)(C6O3)C4O)CC(=O)OC3C(CC4OC(CCC1O2)CC(C)C4=C)OC1CC2OC4(CC2OC1C3C)CC1OC2(CC(C)C3OC(C)CC3O2)CC(C)C1O4. The van der Waals surface area contributed by atoms with Crippen molar-refractivity contribution in [2.24, 2.45) is 23.7 Å². The van der Waals surface area contributed by atoms with E-state index in [9.17, 15) is 15.0 Å². The quantitative estimate of drug-likeness (QED) is 0.239. The maximum atomic E-state index is 14.5. The molecule has 18 heteroatoms. The molecule has 16 aliphatic heterocycles. The summed E-state index contributed by atoms with van der Waals surface area (Å²) in [5.41, 5.74) is 2.04. The first-order chi connectivity index (χ1) is 35.9. The second-order valence-corrected chi connectivity index (χ2v) is 26.4. The molecule has 3 spiro atoms. The van der Waals surface area contributed by atoms with E-state index in [4.69, 9.17) is 71.1 Å². The van der Waals surface area contributed by atoms with Crippen molar-refractivity contribution in [2.45, 2.75) is 301 Å². The zero-order chi connectivity index (χ0) is 51.2. The van der Waals surface area contributed by atoms with Crippen LogP contribution in [-0.4, -0.2) is 180 Å². The van der Waals surface area contributed by atoms with Crippen LogP contribution in [0.25, 0.3) is 0 Å². The van der Waals surface area contributed by atoms with Crippen molar-refractivity contribution in [3.63, 3.8) is 0 Å². The van der Waals surface area contributed by atoms with E-state index >= 15 is 0 Å². The molecule has 16 saturated heterocycles. The molecule has 18 nitrogen and oxygen atoms in total. The van der Waals surface area contributed by atoms with Gasteiger partial charge in [-0.2, -0.15) is 0 Å². The molecule has 16 aliphatic rings. The van der Waals surface area contributed by atoms with Crippen LogP contribution in [0.3, 0.4) is 0 Å². The lowest BCUT2D eigenvalue weighted by Gasteiger charge is -2.51. The highest BCUT2D eigenvalue weighted by Gasteiger charge is 2.79. The topological polar surface area (TPSA) is 196 Å². The summed E-state index contributed by atoms with van der Waals surface area (Å²) in [6.07, 6.45) is 0.158. The second-order valence-electron chi connectivity index (χ2n) is 26.4. The van der Waals surface area contributed by atoms with Crippen LogP contribution in [0.15, 0.2) is 24.3 Å². The minimum absolute atomic E-state index is 0.0109. The van der Waals surface area contributed by atoms with Gasteiger partial charge in [-0.1, -0.05) is 40.9 Å². The van der Waals surface area contributed by atoms with Gasteiger partial charge in [0.25, 0.3) is 0 Å². The van der Waals surface area contributed by atoms with E-state index in [2.05, 4.69) is 47.8 Å². The van der Waals surface area contributed by atoms with Crippen LogP contribution < -0.4 is 0 Å². The molecule has 31 unspecified atom stereocenters. The summed E-state index contributed by atoms with van der Waals surface area (Å²) in [6.45, 7) is 20.0. The molecule has 0 aromatic carbocycles. The van der Waals surface area contributed by atoms with Crippen molar-refractivity contribution in [1.29, 1.82) is 0 Å². The Bertz CT molecular complexity index is 2290. The number of hydrogen-bond donors (Lipinski definition) is 2. The van der Waals surface area contributed by atoms with Crippen molar-refractivity contribution >= 4 is 5.97 Å². The fraction of sp³-hybridized carbons (Fsp3) is 0.912. The average Bonchev–Trinajstić information content (AvgIpc) is 4.19. The van der Waals surface area contributed by atoms with Gasteiger partial charge in [0.15, 0.2) is 17.7 Å². The molecule has 75 heavy (non-hydrogen) atoms. The maximum Gasteiger partial charge on any atom is 0.308 e. The molecule has 2 N–H and O–H groups in total. The summed E-state index contributed by atoms with van der Waals surface area (Å²) in [5, 5.41) is 23.8. The number of hydrogen-bond acceptors (Lipinski definition) is 18. The van der Waals surface area contributed by atoms with E-state index in [1.165, 1.54) is 0 Å². The van der Waals surface area contributed by atoms with E-state index in [0.717, 1.165) is 49.7 Å². The zero-order valence-corrected chi connectivity index (χ0v) is 44.2. The van der Waals surface area contributed by atoms with E-state index < -0.39 is 90.2 Å². The minimum Gasteiger partial charge on any atom is -0.459 e. The number of aliphatic hydroxyl groups is 2. The Morgan fingerprint density at radius 2 is 1.21 bits per heavy atom. The predicted molar refractivity (Wildman–Crippen MR) is 258 cm³/mol. The third-order valence-corrected chi connectivity index (χ3v) is 21.2. The lowest BCUT2D eigenvalue weighted by Crippen LogP contribution is -2.63. The highest BCUT2D eigenvalue weighted by atomic mass is 16.8. The van der Waals surface area contributed by atoms with Crippen LogP contribution in [0, 0.1) is 23.7 Å². The van der Waals surface area contributed by atoms with Gasteiger partial charge < -0.3 is 81.3 Å². The summed E-state index contributed by atoms with van der Waals surface area (Å²) in [4.78, 5) is 14.5. The fourth-order valence-corrected chi connectivity index (χ4v) is 17.6. The van der Waals surface area contributed by atoms with Crippen molar-refractivity contribution in [3.8, 4) is 0 Å². The third kappa shape index (κ3) is 8.01. The third-order valence-electron chi connectivity index (χ3n) is 21.2. The van der Waals surface area contributed by atoms with E-state index in [1.807, 2.05) is 0 Å². The number of ether oxygens (including phenoxy) is 15. The van der Waals surface area contributed by atoms with Crippen LogP contribution in [-0.2, 0) is 75.8 Å². The Morgan fingerprint density at radius 3 is 2.07 bits per heavy atom. The van der Waals surface area contributed by atoms with Crippen LogP contribution in [0.5, 0.6) is 0 Å². The minimum atomic E-state index is -2.02. The number of aliphatic hydroxyl groups excluding tert-OH is 1. The van der Waals surface area contributed by atoms with Crippen LogP contribution in [0.2, 0.25) is 0 Å². The number of esters is 1. The lowest BCUT2D eigenvalue weighted by molar-refractivity contribution is -0.347. The smallest absolute Gasteiger partial charge is 0.308 e. The molecule has 16 fully saturated rings. The van der Waals surface area contributed by atoms with E-state index in [1.54, 1.807) is 0 Å². The molecular weight excluding hydrogens is 973 g/mol. The highest BCUT2D eigenvalue weighted by Crippen LogP contribution is 2.59. The standard InChI is InChI=1S/C57H80O18/c1-24-14-31-8-10-34-25(2)15-33(62-34)12-13-56-53(59)57(60)52(75-56)51-50(74-57)49(73-56)48-35(66-51)11-9-32(64-48)17-43(58)68-47-30(7)46-39(65-38(47)18-36(63-31)29(24)6)19-37-41(67-46)22-55(69-37)23-42-45(72-55)27(4)21-54(71-42)20-26(3)44-40(70-54)16-28(5)61-44/h24,26-28,30-42,44-53,59-60H,2,6,8-23H2,1,3-5,7H3. The summed E-state index contributed by atoms with van der Waals surface area (Å²) in [7, 11) is 0. The van der Waals surface area contributed by atoms with Crippen molar-refractivity contribution < 1.29 is 86.1 Å². The second kappa shape index (κ2) is 17.9. The van der Waals surface area contributed by atoms with Gasteiger partial charge in [0, 0.05) is 57.3 Å². The van der Waals surface area contributed by atoms with E-state index in [-0.39, 0.29) is 110 Å². The average molecular weight is 1050 g/mol. The Hall–Kier alpha value is -1.69. The molecule has 416 valence electrons. The number of carbonyl (C=O) groups is 1. The van der Waals surface area contributed by atoms with Crippen molar-refractivity contribution in [3.05, 3.63) is 24.3 Å². The number of rotatable bonds is 0. The molecule has 0 aliphatic carbocycles. The van der Waals surface area contributed by atoms with Gasteiger partial charge in [0.1, 0.15) is 36.6 Å². The van der Waals surface area contributed by atoms with Gasteiger partial charge in [-0.05, 0) is 80.8 Å². The molecule has 16 rings (SSSR count). The van der Waals surface area contributed by atoms with Gasteiger partial charge in [-0.3, -0.25) is 4.79 Å². The van der Waals surface area contributed by atoms with Gasteiger partial charge in [0.2, 0.25) is 11.6 Å². The molecule has 0 aromatic heterocycles. The summed E-state index contributed by atoms with van der Waals surface area (Å²) in [5.74, 6) is -5.06.